The smallest absolute Gasteiger partial charge is 0.255 e. The van der Waals surface area contributed by atoms with E-state index in [1.54, 1.807) is 18.3 Å². The minimum absolute atomic E-state index is 0.145. The summed E-state index contributed by atoms with van der Waals surface area (Å²) in [5, 5.41) is 2.92. The van der Waals surface area contributed by atoms with Gasteiger partial charge >= 0.3 is 0 Å². The van der Waals surface area contributed by atoms with Crippen molar-refractivity contribution in [2.24, 2.45) is 0 Å². The Kier molecular flexibility index (Phi) is 4.03. The molecule has 0 radical (unpaired) electrons. The summed E-state index contributed by atoms with van der Waals surface area (Å²) in [6, 6.07) is 13.5. The number of amides is 1. The Morgan fingerprint density at radius 1 is 1.20 bits per heavy atom. The molecule has 4 heteroatoms. The summed E-state index contributed by atoms with van der Waals surface area (Å²) >= 11 is 0. The van der Waals surface area contributed by atoms with Crippen LogP contribution in [0, 0.1) is 0 Å². The third-order valence-corrected chi connectivity index (χ3v) is 3.33. The molecular weight excluding hydrogens is 250 g/mol. The van der Waals surface area contributed by atoms with E-state index in [9.17, 15) is 4.79 Å². The maximum Gasteiger partial charge on any atom is 0.255 e. The monoisotopic (exact) mass is 269 g/mol. The minimum atomic E-state index is -0.195. The van der Waals surface area contributed by atoms with Crippen LogP contribution in [0.2, 0.25) is 0 Å². The summed E-state index contributed by atoms with van der Waals surface area (Å²) in [4.78, 5) is 16.0. The number of carbonyl (C=O) groups is 1. The lowest BCUT2D eigenvalue weighted by Gasteiger charge is -2.25. The number of nitrogens with zero attached hydrogens (tertiary/aromatic N) is 1. The predicted molar refractivity (Wildman–Crippen MR) is 80.5 cm³/mol. The number of nitrogen functional groups attached to an aromatic ring is 1. The molecule has 104 valence electrons. The molecule has 2 rings (SSSR count). The van der Waals surface area contributed by atoms with Gasteiger partial charge in [0.25, 0.3) is 5.91 Å². The van der Waals surface area contributed by atoms with E-state index in [-0.39, 0.29) is 17.1 Å². The zero-order chi connectivity index (χ0) is 14.6. The van der Waals surface area contributed by atoms with Crippen molar-refractivity contribution in [3.8, 4) is 0 Å². The highest BCUT2D eigenvalue weighted by atomic mass is 16.1. The van der Waals surface area contributed by atoms with Crippen LogP contribution in [0.15, 0.2) is 48.7 Å². The van der Waals surface area contributed by atoms with Gasteiger partial charge < -0.3 is 11.1 Å². The predicted octanol–water partition coefficient (Wildman–Crippen LogP) is 2.37. The first-order valence-corrected chi connectivity index (χ1v) is 6.55. The van der Waals surface area contributed by atoms with E-state index in [0.29, 0.717) is 12.1 Å². The number of nitrogens with two attached hydrogens (primary N) is 1. The average Bonchev–Trinajstić information content (AvgIpc) is 2.46. The lowest BCUT2D eigenvalue weighted by molar-refractivity contribution is 0.0946. The molecular formula is C16H19N3O. The molecule has 0 unspecified atom stereocenters. The Balaban J connectivity index is 2.05. The first-order chi connectivity index (χ1) is 9.50. The normalized spacial score (nSPS) is 11.1. The number of hydrogen-bond donors (Lipinski definition) is 2. The van der Waals surface area contributed by atoms with Gasteiger partial charge in [0.1, 0.15) is 5.82 Å². The summed E-state index contributed by atoms with van der Waals surface area (Å²) < 4.78 is 0. The van der Waals surface area contributed by atoms with Gasteiger partial charge in [0, 0.05) is 18.2 Å². The molecule has 0 bridgehead atoms. The van der Waals surface area contributed by atoms with E-state index in [4.69, 9.17) is 5.73 Å². The molecule has 0 atom stereocenters. The van der Waals surface area contributed by atoms with Crippen molar-refractivity contribution < 1.29 is 4.79 Å². The summed E-state index contributed by atoms with van der Waals surface area (Å²) in [7, 11) is 0. The van der Waals surface area contributed by atoms with E-state index >= 15 is 0 Å². The van der Waals surface area contributed by atoms with Crippen LogP contribution in [-0.4, -0.2) is 17.4 Å². The first kappa shape index (κ1) is 14.1. The van der Waals surface area contributed by atoms with Gasteiger partial charge in [0.2, 0.25) is 0 Å². The van der Waals surface area contributed by atoms with E-state index in [1.807, 2.05) is 18.2 Å². The van der Waals surface area contributed by atoms with Crippen molar-refractivity contribution in [3.05, 3.63) is 59.8 Å². The maximum absolute atomic E-state index is 12.1. The molecule has 0 saturated carbocycles. The Labute approximate surface area is 119 Å². The third-order valence-electron chi connectivity index (χ3n) is 3.33. The molecule has 3 N–H and O–H groups in total. The molecule has 1 aromatic heterocycles. The van der Waals surface area contributed by atoms with Crippen molar-refractivity contribution >= 4 is 11.7 Å². The van der Waals surface area contributed by atoms with Gasteiger partial charge in [-0.2, -0.15) is 0 Å². The number of rotatable bonds is 4. The van der Waals surface area contributed by atoms with Crippen LogP contribution in [-0.2, 0) is 5.41 Å². The highest BCUT2D eigenvalue weighted by molar-refractivity contribution is 5.98. The number of aromatic nitrogens is 1. The highest BCUT2D eigenvalue weighted by Gasteiger charge is 2.21. The molecule has 20 heavy (non-hydrogen) atoms. The third kappa shape index (κ3) is 3.15. The fraction of sp³-hybridized carbons (Fsp3) is 0.250. The van der Waals surface area contributed by atoms with Crippen LogP contribution in [0.5, 0.6) is 0 Å². The van der Waals surface area contributed by atoms with Gasteiger partial charge in [-0.15, -0.1) is 0 Å². The molecule has 0 aliphatic carbocycles. The fourth-order valence-electron chi connectivity index (χ4n) is 2.00. The van der Waals surface area contributed by atoms with Crippen LogP contribution in [0.25, 0.3) is 0 Å². The van der Waals surface area contributed by atoms with Crippen LogP contribution in [0.1, 0.15) is 29.8 Å². The van der Waals surface area contributed by atoms with Crippen molar-refractivity contribution in [1.29, 1.82) is 0 Å². The summed E-state index contributed by atoms with van der Waals surface area (Å²) in [5.41, 5.74) is 7.15. The zero-order valence-corrected chi connectivity index (χ0v) is 11.8. The second-order valence-electron chi connectivity index (χ2n) is 5.37. The van der Waals surface area contributed by atoms with Crippen molar-refractivity contribution in [1.82, 2.24) is 10.3 Å². The molecule has 2 aromatic rings. The molecule has 0 aliphatic heterocycles. The fourth-order valence-corrected chi connectivity index (χ4v) is 2.00. The van der Waals surface area contributed by atoms with Crippen molar-refractivity contribution in [3.63, 3.8) is 0 Å². The van der Waals surface area contributed by atoms with E-state index < -0.39 is 0 Å². The molecule has 0 aliphatic rings. The number of nitrogens with one attached hydrogen (secondary N) is 1. The second kappa shape index (κ2) is 5.74. The highest BCUT2D eigenvalue weighted by Crippen LogP contribution is 2.22. The van der Waals surface area contributed by atoms with Gasteiger partial charge in [-0.05, 0) is 17.7 Å². The molecule has 1 heterocycles. The van der Waals surface area contributed by atoms with Crippen molar-refractivity contribution in [2.75, 3.05) is 12.3 Å². The van der Waals surface area contributed by atoms with Crippen LogP contribution >= 0.6 is 0 Å². The minimum Gasteiger partial charge on any atom is -0.383 e. The number of carbonyl (C=O) groups excluding carboxylic acids is 1. The van der Waals surface area contributed by atoms with E-state index in [2.05, 4.69) is 36.3 Å². The average molecular weight is 269 g/mol. The van der Waals surface area contributed by atoms with Crippen LogP contribution < -0.4 is 11.1 Å². The molecule has 4 nitrogen and oxygen atoms in total. The van der Waals surface area contributed by atoms with Crippen molar-refractivity contribution in [2.45, 2.75) is 19.3 Å². The molecule has 1 aromatic carbocycles. The maximum atomic E-state index is 12.1. The number of benzene rings is 1. The van der Waals surface area contributed by atoms with E-state index in [0.717, 1.165) is 0 Å². The molecule has 0 spiro atoms. The Morgan fingerprint density at radius 2 is 1.90 bits per heavy atom. The summed E-state index contributed by atoms with van der Waals surface area (Å²) in [5.74, 6) is 0.0575. The number of anilines is 1. The van der Waals surface area contributed by atoms with E-state index in [1.165, 1.54) is 5.56 Å². The quantitative estimate of drug-likeness (QED) is 0.895. The van der Waals surface area contributed by atoms with Crippen LogP contribution in [0.3, 0.4) is 0 Å². The second-order valence-corrected chi connectivity index (χ2v) is 5.37. The van der Waals surface area contributed by atoms with Gasteiger partial charge in [-0.3, -0.25) is 4.79 Å². The van der Waals surface area contributed by atoms with Gasteiger partial charge in [-0.1, -0.05) is 44.2 Å². The largest absolute Gasteiger partial charge is 0.383 e. The topological polar surface area (TPSA) is 68.0 Å². The van der Waals surface area contributed by atoms with Gasteiger partial charge in [-0.25, -0.2) is 4.98 Å². The Bertz CT molecular complexity index is 594. The molecule has 0 fully saturated rings. The lowest BCUT2D eigenvalue weighted by Crippen LogP contribution is -2.37. The number of hydrogen-bond acceptors (Lipinski definition) is 3. The summed E-state index contributed by atoms with van der Waals surface area (Å²) in [6.45, 7) is 4.72. The summed E-state index contributed by atoms with van der Waals surface area (Å²) in [6.07, 6.45) is 1.57. The lowest BCUT2D eigenvalue weighted by atomic mass is 9.84. The molecule has 0 saturated heterocycles. The first-order valence-electron chi connectivity index (χ1n) is 6.55. The SMILES string of the molecule is CC(C)(CNC(=O)c1cccnc1N)c1ccccc1. The zero-order valence-electron chi connectivity index (χ0n) is 11.8. The van der Waals surface area contributed by atoms with Gasteiger partial charge in [0.15, 0.2) is 0 Å². The standard InChI is InChI=1S/C16H19N3O/c1-16(2,12-7-4-3-5-8-12)11-19-15(20)13-9-6-10-18-14(13)17/h3-10H,11H2,1-2H3,(H2,17,18)(H,19,20). The van der Waals surface area contributed by atoms with Crippen LogP contribution in [0.4, 0.5) is 5.82 Å². The van der Waals surface area contributed by atoms with Gasteiger partial charge in [0.05, 0.1) is 5.56 Å². The molecule has 1 amide bonds. The Hall–Kier alpha value is -2.36. The number of pyridine rings is 1. The Morgan fingerprint density at radius 3 is 2.55 bits per heavy atom.